The van der Waals surface area contributed by atoms with Gasteiger partial charge in [-0.1, -0.05) is 12.1 Å². The number of carbonyl (C=O) groups is 1. The topological polar surface area (TPSA) is 121 Å². The molecule has 4 rings (SSSR count). The summed E-state index contributed by atoms with van der Waals surface area (Å²) in [6.07, 6.45) is 2.51. The molecule has 1 unspecified atom stereocenters. The second kappa shape index (κ2) is 9.82. The zero-order valence-corrected chi connectivity index (χ0v) is 18.5. The van der Waals surface area contributed by atoms with E-state index in [1.54, 1.807) is 11.3 Å². The lowest BCUT2D eigenvalue weighted by Gasteiger charge is -2.13. The van der Waals surface area contributed by atoms with Crippen molar-refractivity contribution in [2.75, 3.05) is 19.7 Å². The first kappa shape index (κ1) is 21.8. The second-order valence-electron chi connectivity index (χ2n) is 7.75. The van der Waals surface area contributed by atoms with Crippen LogP contribution in [0.1, 0.15) is 34.8 Å². The molecule has 0 radical (unpaired) electrons. The minimum Gasteiger partial charge on any atom is -0.492 e. The van der Waals surface area contributed by atoms with Gasteiger partial charge in [-0.25, -0.2) is 0 Å². The number of hydrogen-bond donors (Lipinski definition) is 4. The van der Waals surface area contributed by atoms with Gasteiger partial charge in [-0.2, -0.15) is 0 Å². The van der Waals surface area contributed by atoms with E-state index in [1.165, 1.54) is 0 Å². The van der Waals surface area contributed by atoms with Crippen LogP contribution in [-0.2, 0) is 11.2 Å². The number of nitrogens with one attached hydrogen (secondary N) is 2. The van der Waals surface area contributed by atoms with Crippen LogP contribution in [0.25, 0.3) is 10.1 Å². The molecule has 1 aromatic heterocycles. The highest BCUT2D eigenvalue weighted by atomic mass is 32.1. The van der Waals surface area contributed by atoms with Crippen molar-refractivity contribution in [2.45, 2.75) is 25.2 Å². The summed E-state index contributed by atoms with van der Waals surface area (Å²) in [4.78, 5) is 17.3. The van der Waals surface area contributed by atoms with E-state index >= 15 is 0 Å². The Morgan fingerprint density at radius 3 is 2.75 bits per heavy atom. The number of nitrogens with zero attached hydrogens (tertiary/aromatic N) is 1. The lowest BCUT2D eigenvalue weighted by atomic mass is 9.95. The summed E-state index contributed by atoms with van der Waals surface area (Å²) in [7, 11) is 0. The number of benzene rings is 2. The van der Waals surface area contributed by atoms with Gasteiger partial charge in [0, 0.05) is 28.1 Å². The van der Waals surface area contributed by atoms with Crippen molar-refractivity contribution in [3.05, 3.63) is 64.5 Å². The normalized spacial score (nSPS) is 14.2. The summed E-state index contributed by atoms with van der Waals surface area (Å²) in [5.74, 6) is 0.278. The second-order valence-corrected chi connectivity index (χ2v) is 8.92. The average molecular weight is 451 g/mol. The first-order valence-corrected chi connectivity index (χ1v) is 11.4. The quantitative estimate of drug-likeness (QED) is 0.225. The summed E-state index contributed by atoms with van der Waals surface area (Å²) in [6.45, 7) is 2.11. The molecule has 5 N–H and O–H groups in total. The van der Waals surface area contributed by atoms with Gasteiger partial charge in [0.15, 0.2) is 0 Å². The Morgan fingerprint density at radius 2 is 2.06 bits per heavy atom. The average Bonchev–Trinajstić information content (AvgIpc) is 3.44. The Kier molecular flexibility index (Phi) is 6.70. The molecular formula is C24H26N4O3S. The predicted molar refractivity (Wildman–Crippen MR) is 128 cm³/mol. The molecular weight excluding hydrogens is 424 g/mol. The fourth-order valence-corrected chi connectivity index (χ4v) is 4.85. The molecule has 2 heterocycles. The Morgan fingerprint density at radius 1 is 1.25 bits per heavy atom. The zero-order valence-electron chi connectivity index (χ0n) is 17.6. The standard InChI is InChI=1S/C24H26N4O3S/c25-23(26)16-5-8-21-17(12-16)13-19(32-21)14-20(24(29)30)15-3-6-18(7-4-15)31-11-10-28-22-2-1-9-27-22/h3-8,12-13,20H,1-2,9-11,14H2,(H3,25,26)(H,27,28)(H,29,30). The number of aliphatic imine (C=N–C) groups is 1. The van der Waals surface area contributed by atoms with E-state index in [4.69, 9.17) is 15.9 Å². The first-order valence-electron chi connectivity index (χ1n) is 10.6. The van der Waals surface area contributed by atoms with Crippen molar-refractivity contribution < 1.29 is 14.6 Å². The Hall–Kier alpha value is -3.39. The summed E-state index contributed by atoms with van der Waals surface area (Å²) in [6, 6.07) is 14.9. The number of hydrogen-bond acceptors (Lipinski definition) is 6. The minimum absolute atomic E-state index is 0.0217. The maximum absolute atomic E-state index is 12.0. The maximum atomic E-state index is 12.0. The number of thiophene rings is 1. The largest absolute Gasteiger partial charge is 0.492 e. The van der Waals surface area contributed by atoms with Crippen LogP contribution in [0.2, 0.25) is 0 Å². The van der Waals surface area contributed by atoms with Crippen LogP contribution in [0.4, 0.5) is 0 Å². The smallest absolute Gasteiger partial charge is 0.311 e. The van der Waals surface area contributed by atoms with Crippen LogP contribution >= 0.6 is 11.3 Å². The van der Waals surface area contributed by atoms with Gasteiger partial charge in [-0.15, -0.1) is 11.3 Å². The molecule has 7 nitrogen and oxygen atoms in total. The van der Waals surface area contributed by atoms with Crippen LogP contribution in [-0.4, -0.2) is 42.4 Å². The van der Waals surface area contributed by atoms with Gasteiger partial charge in [0.05, 0.1) is 18.3 Å². The molecule has 0 saturated heterocycles. The first-order chi connectivity index (χ1) is 15.5. The zero-order chi connectivity index (χ0) is 22.5. The number of ether oxygens (including phenoxy) is 1. The third-order valence-corrected chi connectivity index (χ3v) is 6.58. The number of nitrogens with two attached hydrogens (primary N) is 1. The van der Waals surface area contributed by atoms with Crippen LogP contribution in [0.15, 0.2) is 53.5 Å². The fraction of sp³-hybridized carbons (Fsp3) is 0.292. The van der Waals surface area contributed by atoms with Crippen molar-refractivity contribution in [1.29, 1.82) is 5.41 Å². The fourth-order valence-electron chi connectivity index (χ4n) is 3.76. The lowest BCUT2D eigenvalue weighted by Crippen LogP contribution is -2.26. The summed E-state index contributed by atoms with van der Waals surface area (Å²) >= 11 is 1.57. The van der Waals surface area contributed by atoms with Crippen molar-refractivity contribution in [1.82, 2.24) is 5.32 Å². The summed E-state index contributed by atoms with van der Waals surface area (Å²) in [5, 5.41) is 21.7. The molecule has 166 valence electrons. The molecule has 1 atom stereocenters. The lowest BCUT2D eigenvalue weighted by molar-refractivity contribution is -0.138. The summed E-state index contributed by atoms with van der Waals surface area (Å²) < 4.78 is 6.81. The third kappa shape index (κ3) is 5.26. The SMILES string of the molecule is N=C(N)c1ccc2sc(CC(C(=O)O)c3ccc(OCCNC4=NCCC4)cc3)cc2c1. The molecule has 0 bridgehead atoms. The van der Waals surface area contributed by atoms with Crippen LogP contribution in [0, 0.1) is 5.41 Å². The molecule has 0 amide bonds. The number of carboxylic acids is 1. The van der Waals surface area contributed by atoms with Crippen molar-refractivity contribution in [3.8, 4) is 5.75 Å². The third-order valence-electron chi connectivity index (χ3n) is 5.44. The molecule has 0 aliphatic carbocycles. The van der Waals surface area contributed by atoms with Gasteiger partial charge in [-0.05, 0) is 60.2 Å². The number of amidine groups is 2. The summed E-state index contributed by atoms with van der Waals surface area (Å²) in [5.41, 5.74) is 6.98. The number of fused-ring (bicyclic) bond motifs is 1. The van der Waals surface area contributed by atoms with E-state index in [0.717, 1.165) is 45.7 Å². The predicted octanol–water partition coefficient (Wildman–Crippen LogP) is 3.76. The van der Waals surface area contributed by atoms with E-state index < -0.39 is 11.9 Å². The number of carboxylic acid groups (broad SMARTS) is 1. The van der Waals surface area contributed by atoms with Crippen molar-refractivity contribution in [3.63, 3.8) is 0 Å². The minimum atomic E-state index is -0.859. The van der Waals surface area contributed by atoms with Crippen LogP contribution in [0.3, 0.4) is 0 Å². The van der Waals surface area contributed by atoms with Gasteiger partial charge in [0.1, 0.15) is 18.2 Å². The monoisotopic (exact) mass is 450 g/mol. The molecule has 0 saturated carbocycles. The Labute approximate surface area is 190 Å². The van der Waals surface area contributed by atoms with Gasteiger partial charge in [0.2, 0.25) is 0 Å². The highest BCUT2D eigenvalue weighted by Gasteiger charge is 2.21. The van der Waals surface area contributed by atoms with Gasteiger partial charge in [-0.3, -0.25) is 15.2 Å². The maximum Gasteiger partial charge on any atom is 0.311 e. The number of nitrogen functional groups attached to an aromatic ring is 1. The van der Waals surface area contributed by atoms with E-state index in [9.17, 15) is 9.90 Å². The highest BCUT2D eigenvalue weighted by molar-refractivity contribution is 7.19. The number of rotatable bonds is 9. The highest BCUT2D eigenvalue weighted by Crippen LogP contribution is 2.31. The molecule has 8 heteroatoms. The van der Waals surface area contributed by atoms with Gasteiger partial charge >= 0.3 is 5.97 Å². The molecule has 1 aliphatic heterocycles. The van der Waals surface area contributed by atoms with E-state index in [0.29, 0.717) is 30.9 Å². The van der Waals surface area contributed by atoms with Gasteiger partial charge in [0.25, 0.3) is 0 Å². The molecule has 1 aliphatic rings. The number of aliphatic carboxylic acids is 1. The Balaban J connectivity index is 1.39. The van der Waals surface area contributed by atoms with Crippen LogP contribution in [0.5, 0.6) is 5.75 Å². The van der Waals surface area contributed by atoms with E-state index in [2.05, 4.69) is 10.3 Å². The molecule has 3 aromatic rings. The van der Waals surface area contributed by atoms with E-state index in [1.807, 2.05) is 48.5 Å². The van der Waals surface area contributed by atoms with Crippen LogP contribution < -0.4 is 15.8 Å². The van der Waals surface area contributed by atoms with Gasteiger partial charge < -0.3 is 20.9 Å². The molecule has 0 fully saturated rings. The van der Waals surface area contributed by atoms with Crippen molar-refractivity contribution >= 4 is 39.1 Å². The molecule has 2 aromatic carbocycles. The Bertz CT molecular complexity index is 1150. The van der Waals surface area contributed by atoms with Crippen molar-refractivity contribution in [2.24, 2.45) is 10.7 Å². The van der Waals surface area contributed by atoms with E-state index in [-0.39, 0.29) is 5.84 Å². The molecule has 32 heavy (non-hydrogen) atoms. The molecule has 0 spiro atoms.